The lowest BCUT2D eigenvalue weighted by atomic mass is 9.97. The molecule has 2 saturated heterocycles. The molecule has 0 radical (unpaired) electrons. The van der Waals surface area contributed by atoms with E-state index in [0.29, 0.717) is 6.42 Å². The molecule has 2 rings (SSSR count). The minimum Gasteiger partial charge on any atom is -0.394 e. The standard InChI is InChI=1S/C42H79NO13/c1-3-5-7-8-9-10-11-12-13-14-15-16-17-18-19-20-21-22-23-24-25-31(46)30(43-34(47)26-6-4-2)29-53-41-39(52)37(50)40(33(28-45)55-41)56-42-38(51)36(49)35(48)32(27-44)54-42/h24-25,30-33,35-42,44-46,48-52H,3-23,26-29H2,1-2H3,(H,43,47)/b25-24+. The van der Waals surface area contributed by atoms with Crippen LogP contribution in [0, 0.1) is 0 Å². The van der Waals surface area contributed by atoms with Gasteiger partial charge in [0.2, 0.25) is 5.91 Å². The second kappa shape index (κ2) is 30.7. The molecule has 9 N–H and O–H groups in total. The molecule has 0 spiro atoms. The van der Waals surface area contributed by atoms with Gasteiger partial charge in [-0.3, -0.25) is 4.79 Å². The van der Waals surface area contributed by atoms with E-state index in [0.717, 1.165) is 25.7 Å². The summed E-state index contributed by atoms with van der Waals surface area (Å²) < 4.78 is 22.4. The molecule has 2 heterocycles. The summed E-state index contributed by atoms with van der Waals surface area (Å²) in [5.74, 6) is -0.275. The van der Waals surface area contributed by atoms with Gasteiger partial charge >= 0.3 is 0 Å². The lowest BCUT2D eigenvalue weighted by Crippen LogP contribution is -2.65. The first kappa shape index (κ1) is 50.9. The monoisotopic (exact) mass is 806 g/mol. The number of hydrogen-bond donors (Lipinski definition) is 9. The zero-order valence-electron chi connectivity index (χ0n) is 34.4. The number of unbranched alkanes of at least 4 members (excludes halogenated alkanes) is 19. The first-order valence-corrected chi connectivity index (χ1v) is 21.9. The molecule has 12 unspecified atom stereocenters. The normalized spacial score (nSPS) is 29.5. The van der Waals surface area contributed by atoms with Crippen LogP contribution in [0.2, 0.25) is 0 Å². The first-order chi connectivity index (χ1) is 27.1. The fourth-order valence-corrected chi connectivity index (χ4v) is 7.27. The van der Waals surface area contributed by atoms with Crippen LogP contribution in [0.3, 0.4) is 0 Å². The van der Waals surface area contributed by atoms with Crippen molar-refractivity contribution in [3.05, 3.63) is 12.2 Å². The van der Waals surface area contributed by atoms with Crippen molar-refractivity contribution >= 4 is 5.91 Å². The van der Waals surface area contributed by atoms with Gasteiger partial charge in [0, 0.05) is 6.42 Å². The third-order valence-electron chi connectivity index (χ3n) is 11.0. The highest BCUT2D eigenvalue weighted by Gasteiger charge is 2.50. The predicted molar refractivity (Wildman–Crippen MR) is 212 cm³/mol. The van der Waals surface area contributed by atoms with E-state index in [1.54, 1.807) is 6.08 Å². The van der Waals surface area contributed by atoms with Crippen molar-refractivity contribution in [2.24, 2.45) is 0 Å². The van der Waals surface area contributed by atoms with Crippen LogP contribution in [0.5, 0.6) is 0 Å². The average Bonchev–Trinajstić information content (AvgIpc) is 3.20. The van der Waals surface area contributed by atoms with Gasteiger partial charge in [-0.25, -0.2) is 0 Å². The summed E-state index contributed by atoms with van der Waals surface area (Å²) in [5, 5.41) is 85.7. The van der Waals surface area contributed by atoms with Gasteiger partial charge in [0.25, 0.3) is 0 Å². The van der Waals surface area contributed by atoms with Gasteiger partial charge in [0.15, 0.2) is 12.6 Å². The van der Waals surface area contributed by atoms with Crippen LogP contribution >= 0.6 is 0 Å². The van der Waals surface area contributed by atoms with Gasteiger partial charge in [0.1, 0.15) is 48.8 Å². The summed E-state index contributed by atoms with van der Waals surface area (Å²) in [5.41, 5.74) is 0. The molecule has 14 heteroatoms. The largest absolute Gasteiger partial charge is 0.394 e. The third-order valence-corrected chi connectivity index (χ3v) is 11.0. The number of aliphatic hydroxyl groups is 8. The van der Waals surface area contributed by atoms with Crippen LogP contribution in [0.25, 0.3) is 0 Å². The molecule has 0 bridgehead atoms. The van der Waals surface area contributed by atoms with E-state index in [2.05, 4.69) is 12.2 Å². The Labute approximate surface area is 336 Å². The van der Waals surface area contributed by atoms with Crippen molar-refractivity contribution in [3.63, 3.8) is 0 Å². The summed E-state index contributed by atoms with van der Waals surface area (Å²) in [6.07, 6.45) is 12.6. The van der Waals surface area contributed by atoms with Gasteiger partial charge in [-0.15, -0.1) is 0 Å². The molecule has 2 aliphatic rings. The number of ether oxygens (including phenoxy) is 4. The quantitative estimate of drug-likeness (QED) is 0.0350. The first-order valence-electron chi connectivity index (χ1n) is 21.9. The predicted octanol–water partition coefficient (Wildman–Crippen LogP) is 3.65. The van der Waals surface area contributed by atoms with Crippen LogP contribution in [0.15, 0.2) is 12.2 Å². The van der Waals surface area contributed by atoms with Crippen molar-refractivity contribution in [3.8, 4) is 0 Å². The van der Waals surface area contributed by atoms with Gasteiger partial charge in [-0.05, 0) is 19.3 Å². The Hall–Kier alpha value is -1.27. The summed E-state index contributed by atoms with van der Waals surface area (Å²) in [4.78, 5) is 12.6. The molecule has 0 aromatic carbocycles. The average molecular weight is 806 g/mol. The second-order valence-corrected chi connectivity index (χ2v) is 15.8. The number of allylic oxidation sites excluding steroid dienone is 1. The summed E-state index contributed by atoms with van der Waals surface area (Å²) >= 11 is 0. The molecule has 14 nitrogen and oxygen atoms in total. The molecule has 56 heavy (non-hydrogen) atoms. The van der Waals surface area contributed by atoms with Crippen molar-refractivity contribution in [1.29, 1.82) is 0 Å². The molecule has 2 aliphatic heterocycles. The van der Waals surface area contributed by atoms with Crippen molar-refractivity contribution in [2.45, 2.75) is 229 Å². The zero-order chi connectivity index (χ0) is 41.1. The molecule has 0 aliphatic carbocycles. The number of hydrogen-bond acceptors (Lipinski definition) is 13. The van der Waals surface area contributed by atoms with Crippen LogP contribution < -0.4 is 5.32 Å². The van der Waals surface area contributed by atoms with E-state index in [1.165, 1.54) is 103 Å². The number of rotatable bonds is 32. The Morgan fingerprint density at radius 3 is 1.62 bits per heavy atom. The molecule has 330 valence electrons. The van der Waals surface area contributed by atoms with Crippen molar-refractivity contribution in [2.75, 3.05) is 19.8 Å². The van der Waals surface area contributed by atoms with Gasteiger partial charge < -0.3 is 65.1 Å². The van der Waals surface area contributed by atoms with Crippen molar-refractivity contribution in [1.82, 2.24) is 5.32 Å². The Balaban J connectivity index is 1.73. The van der Waals surface area contributed by atoms with Crippen molar-refractivity contribution < 1.29 is 64.6 Å². The van der Waals surface area contributed by atoms with Crippen LogP contribution in [0.4, 0.5) is 0 Å². The van der Waals surface area contributed by atoms with Gasteiger partial charge in [-0.1, -0.05) is 142 Å². The highest BCUT2D eigenvalue weighted by atomic mass is 16.7. The smallest absolute Gasteiger partial charge is 0.220 e. The fourth-order valence-electron chi connectivity index (χ4n) is 7.27. The topological polar surface area (TPSA) is 228 Å². The number of carbonyl (C=O) groups is 1. The second-order valence-electron chi connectivity index (χ2n) is 15.8. The maximum Gasteiger partial charge on any atom is 0.220 e. The molecule has 0 saturated carbocycles. The third kappa shape index (κ3) is 19.2. The Kier molecular flexibility index (Phi) is 27.9. The fraction of sp³-hybridized carbons (Fsp3) is 0.929. The minimum atomic E-state index is -1.78. The molecule has 2 fully saturated rings. The Bertz CT molecular complexity index is 1000. The van der Waals surface area contributed by atoms with Crippen LogP contribution in [0.1, 0.15) is 155 Å². The van der Waals surface area contributed by atoms with E-state index < -0.39 is 86.8 Å². The molecular weight excluding hydrogens is 726 g/mol. The Morgan fingerprint density at radius 2 is 1.11 bits per heavy atom. The van der Waals surface area contributed by atoms with E-state index >= 15 is 0 Å². The number of aliphatic hydroxyl groups excluding tert-OH is 8. The molecular formula is C42H79NO13. The summed E-state index contributed by atoms with van der Waals surface area (Å²) in [6, 6.07) is -0.903. The van der Waals surface area contributed by atoms with E-state index in [-0.39, 0.29) is 18.9 Å². The molecule has 0 aromatic rings. The number of carbonyl (C=O) groups excluding carboxylic acids is 1. The van der Waals surface area contributed by atoms with E-state index in [9.17, 15) is 45.6 Å². The zero-order valence-corrected chi connectivity index (χ0v) is 34.4. The summed E-state index contributed by atoms with van der Waals surface area (Å²) in [6.45, 7) is 2.51. The maximum absolute atomic E-state index is 12.6. The van der Waals surface area contributed by atoms with Crippen LogP contribution in [-0.4, -0.2) is 140 Å². The Morgan fingerprint density at radius 1 is 0.625 bits per heavy atom. The van der Waals surface area contributed by atoms with E-state index in [4.69, 9.17) is 18.9 Å². The minimum absolute atomic E-state index is 0.258. The highest BCUT2D eigenvalue weighted by molar-refractivity contribution is 5.76. The van der Waals surface area contributed by atoms with Crippen LogP contribution in [-0.2, 0) is 23.7 Å². The highest BCUT2D eigenvalue weighted by Crippen LogP contribution is 2.30. The number of nitrogens with one attached hydrogen (secondary N) is 1. The lowest BCUT2D eigenvalue weighted by molar-refractivity contribution is -0.359. The van der Waals surface area contributed by atoms with E-state index in [1.807, 2.05) is 13.0 Å². The number of amides is 1. The summed E-state index contributed by atoms with van der Waals surface area (Å²) in [7, 11) is 0. The SMILES string of the molecule is CCCCCCCCCCCCCCCCCCCC/C=C/C(O)C(COC1OC(CO)C(OC2OC(CO)C(O)C(O)C2O)C(O)C1O)NC(=O)CCCC. The van der Waals surface area contributed by atoms with Gasteiger partial charge in [-0.2, -0.15) is 0 Å². The molecule has 1 amide bonds. The molecule has 0 aromatic heterocycles. The maximum atomic E-state index is 12.6. The van der Waals surface area contributed by atoms with Gasteiger partial charge in [0.05, 0.1) is 32.0 Å². The molecule has 12 atom stereocenters. The lowest BCUT2D eigenvalue weighted by Gasteiger charge is -2.46.